The molecule has 0 spiro atoms. The Morgan fingerprint density at radius 1 is 1.27 bits per heavy atom. The van der Waals surface area contributed by atoms with E-state index in [1.165, 1.54) is 24.4 Å². The summed E-state index contributed by atoms with van der Waals surface area (Å²) >= 11 is 0. The highest BCUT2D eigenvalue weighted by atomic mass is 32.2. The van der Waals surface area contributed by atoms with Gasteiger partial charge in [0.25, 0.3) is 5.56 Å². The Morgan fingerprint density at radius 2 is 2.03 bits per heavy atom. The molecule has 9 nitrogen and oxygen atoms in total. The molecule has 0 bridgehead atoms. The molecule has 0 aliphatic carbocycles. The van der Waals surface area contributed by atoms with Gasteiger partial charge in [-0.1, -0.05) is 12.1 Å². The lowest BCUT2D eigenvalue weighted by molar-refractivity contribution is -0.116. The zero-order valence-electron chi connectivity index (χ0n) is 18.7. The van der Waals surface area contributed by atoms with Crippen LogP contribution in [0.3, 0.4) is 0 Å². The molecule has 2 heterocycles. The van der Waals surface area contributed by atoms with Crippen molar-refractivity contribution in [3.05, 3.63) is 64.2 Å². The summed E-state index contributed by atoms with van der Waals surface area (Å²) in [7, 11) is -2.43. The minimum atomic E-state index is -3.93. The van der Waals surface area contributed by atoms with E-state index in [0.717, 1.165) is 11.3 Å². The Morgan fingerprint density at radius 3 is 2.76 bits per heavy atom. The van der Waals surface area contributed by atoms with Gasteiger partial charge in [-0.3, -0.25) is 9.59 Å². The molecule has 0 saturated carbocycles. The molecule has 0 radical (unpaired) electrons. The molecule has 0 unspecified atom stereocenters. The fourth-order valence-corrected chi connectivity index (χ4v) is 5.69. The predicted octanol–water partition coefficient (Wildman–Crippen LogP) is 2.06. The van der Waals surface area contributed by atoms with E-state index in [1.807, 2.05) is 6.92 Å². The molecule has 1 amide bonds. The van der Waals surface area contributed by atoms with Gasteiger partial charge in [0.1, 0.15) is 5.82 Å². The van der Waals surface area contributed by atoms with E-state index in [4.69, 9.17) is 4.74 Å². The first-order valence-corrected chi connectivity index (χ1v) is 12.1. The van der Waals surface area contributed by atoms with Crippen molar-refractivity contribution in [2.45, 2.75) is 37.8 Å². The van der Waals surface area contributed by atoms with Gasteiger partial charge in [0.05, 0.1) is 29.0 Å². The third kappa shape index (κ3) is 4.41. The second-order valence-electron chi connectivity index (χ2n) is 8.09. The van der Waals surface area contributed by atoms with Crippen LogP contribution >= 0.6 is 0 Å². The molecule has 4 rings (SSSR count). The molecule has 0 saturated heterocycles. The highest BCUT2D eigenvalue weighted by molar-refractivity contribution is 7.89. The highest BCUT2D eigenvalue weighted by Gasteiger charge is 2.32. The van der Waals surface area contributed by atoms with Crippen molar-refractivity contribution in [3.8, 4) is 0 Å². The van der Waals surface area contributed by atoms with Crippen molar-refractivity contribution >= 4 is 32.5 Å². The van der Waals surface area contributed by atoms with E-state index in [2.05, 4.69) is 9.97 Å². The number of hydrogen-bond acceptors (Lipinski definition) is 6. The number of nitrogens with zero attached hydrogens (tertiary/aromatic N) is 3. The Kier molecular flexibility index (Phi) is 6.33. The Hall–Kier alpha value is -3.08. The van der Waals surface area contributed by atoms with E-state index in [1.54, 1.807) is 41.3 Å². The molecule has 1 aliphatic rings. The Bertz CT molecular complexity index is 1370. The number of hydrogen-bond donors (Lipinski definition) is 1. The Balaban J connectivity index is 1.70. The van der Waals surface area contributed by atoms with Gasteiger partial charge in [0, 0.05) is 32.3 Å². The van der Waals surface area contributed by atoms with Gasteiger partial charge in [-0.2, -0.15) is 4.31 Å². The van der Waals surface area contributed by atoms with Crippen LogP contribution in [0.4, 0.5) is 5.69 Å². The SMILES string of the molecule is COCCN(Cc1nc2ccccc2c(=O)[nH]1)S(=O)(=O)c1ccc2c(c1)C[C@H](C)N2C(C)=O. The molecule has 1 aliphatic heterocycles. The first-order chi connectivity index (χ1) is 15.7. The van der Waals surface area contributed by atoms with Crippen LogP contribution < -0.4 is 10.5 Å². The summed E-state index contributed by atoms with van der Waals surface area (Å²) in [6, 6.07) is 11.7. The average Bonchev–Trinajstić information content (AvgIpc) is 3.11. The molecule has 1 N–H and O–H groups in total. The third-order valence-corrected chi connectivity index (χ3v) is 7.62. The van der Waals surface area contributed by atoms with Crippen LogP contribution in [0, 0.1) is 0 Å². The number of ether oxygens (including phenoxy) is 1. The largest absolute Gasteiger partial charge is 0.383 e. The zero-order valence-corrected chi connectivity index (χ0v) is 19.6. The normalized spacial score (nSPS) is 15.9. The topological polar surface area (TPSA) is 113 Å². The van der Waals surface area contributed by atoms with Crippen LogP contribution in [-0.4, -0.2) is 54.9 Å². The first kappa shape index (κ1) is 23.1. The highest BCUT2D eigenvalue weighted by Crippen LogP contribution is 2.34. The minimum Gasteiger partial charge on any atom is -0.383 e. The number of methoxy groups -OCH3 is 1. The molecule has 174 valence electrons. The van der Waals surface area contributed by atoms with Crippen LogP contribution in [0.15, 0.2) is 52.2 Å². The van der Waals surface area contributed by atoms with Gasteiger partial charge >= 0.3 is 0 Å². The van der Waals surface area contributed by atoms with E-state index in [0.29, 0.717) is 17.3 Å². The van der Waals surface area contributed by atoms with Crippen molar-refractivity contribution in [1.29, 1.82) is 0 Å². The number of para-hydroxylation sites is 1. The summed E-state index contributed by atoms with van der Waals surface area (Å²) in [6.45, 7) is 3.58. The van der Waals surface area contributed by atoms with Gasteiger partial charge in [0.2, 0.25) is 15.9 Å². The second kappa shape index (κ2) is 9.05. The number of rotatable bonds is 7. The second-order valence-corrected chi connectivity index (χ2v) is 10.0. The Labute approximate surface area is 192 Å². The van der Waals surface area contributed by atoms with Gasteiger partial charge in [0.15, 0.2) is 0 Å². The maximum Gasteiger partial charge on any atom is 0.258 e. The number of H-pyrrole nitrogens is 1. The molecule has 0 fully saturated rings. The number of carbonyl (C=O) groups excluding carboxylic acids is 1. The average molecular weight is 471 g/mol. The van der Waals surface area contributed by atoms with Crippen molar-refractivity contribution in [2.75, 3.05) is 25.2 Å². The number of anilines is 1. The summed E-state index contributed by atoms with van der Waals surface area (Å²) in [5, 5.41) is 0.440. The number of nitrogens with one attached hydrogen (secondary N) is 1. The lowest BCUT2D eigenvalue weighted by atomic mass is 10.1. The molecule has 2 aromatic carbocycles. The van der Waals surface area contributed by atoms with Crippen molar-refractivity contribution in [2.24, 2.45) is 0 Å². The summed E-state index contributed by atoms with van der Waals surface area (Å²) < 4.78 is 33.5. The number of aromatic amines is 1. The van der Waals surface area contributed by atoms with Crippen molar-refractivity contribution < 1.29 is 17.9 Å². The standard InChI is InChI=1S/C23H26N4O5S/c1-15-12-17-13-18(8-9-21(17)27(15)16(2)28)33(30,31)26(10-11-32-3)14-22-24-20-7-5-4-6-19(20)23(29)25-22/h4-9,13,15H,10-12,14H2,1-3H3,(H,24,25,29)/t15-/m0/s1. The molecule has 1 atom stereocenters. The van der Waals surface area contributed by atoms with Crippen LogP contribution in [0.2, 0.25) is 0 Å². The minimum absolute atomic E-state index is 0.0353. The number of amides is 1. The molecule has 33 heavy (non-hydrogen) atoms. The zero-order chi connectivity index (χ0) is 23.8. The van der Waals surface area contributed by atoms with Gasteiger partial charge in [-0.15, -0.1) is 0 Å². The molecule has 1 aromatic heterocycles. The third-order valence-electron chi connectivity index (χ3n) is 5.78. The number of sulfonamides is 1. The number of fused-ring (bicyclic) bond motifs is 2. The van der Waals surface area contributed by atoms with Crippen LogP contribution in [0.1, 0.15) is 25.2 Å². The van der Waals surface area contributed by atoms with Crippen molar-refractivity contribution in [3.63, 3.8) is 0 Å². The maximum atomic E-state index is 13.6. The lowest BCUT2D eigenvalue weighted by Crippen LogP contribution is -2.35. The lowest BCUT2D eigenvalue weighted by Gasteiger charge is -2.23. The smallest absolute Gasteiger partial charge is 0.258 e. The summed E-state index contributed by atoms with van der Waals surface area (Å²) in [6.07, 6.45) is 0.579. The van der Waals surface area contributed by atoms with E-state index >= 15 is 0 Å². The fourth-order valence-electron chi connectivity index (χ4n) is 4.25. The van der Waals surface area contributed by atoms with Gasteiger partial charge in [-0.05, 0) is 49.2 Å². The van der Waals surface area contributed by atoms with E-state index in [9.17, 15) is 18.0 Å². The summed E-state index contributed by atoms with van der Waals surface area (Å²) in [4.78, 5) is 33.4. The number of benzene rings is 2. The number of carbonyl (C=O) groups is 1. The summed E-state index contributed by atoms with van der Waals surface area (Å²) in [5.74, 6) is 0.167. The van der Waals surface area contributed by atoms with Gasteiger partial charge < -0.3 is 14.6 Å². The monoisotopic (exact) mass is 470 g/mol. The van der Waals surface area contributed by atoms with Crippen LogP contribution in [0.5, 0.6) is 0 Å². The number of aromatic nitrogens is 2. The summed E-state index contributed by atoms with van der Waals surface area (Å²) in [5.41, 5.74) is 1.72. The van der Waals surface area contributed by atoms with Crippen molar-refractivity contribution in [1.82, 2.24) is 14.3 Å². The van der Waals surface area contributed by atoms with Crippen LogP contribution in [-0.2, 0) is 32.5 Å². The fraction of sp³-hybridized carbons (Fsp3) is 0.348. The maximum absolute atomic E-state index is 13.6. The van der Waals surface area contributed by atoms with E-state index in [-0.39, 0.29) is 47.9 Å². The van der Waals surface area contributed by atoms with Crippen LogP contribution in [0.25, 0.3) is 10.9 Å². The van der Waals surface area contributed by atoms with Gasteiger partial charge in [-0.25, -0.2) is 13.4 Å². The first-order valence-electron chi connectivity index (χ1n) is 10.6. The molecular formula is C23H26N4O5S. The van der Waals surface area contributed by atoms with E-state index < -0.39 is 10.0 Å². The molecule has 10 heteroatoms. The molecular weight excluding hydrogens is 444 g/mol. The molecule has 3 aromatic rings. The quantitative estimate of drug-likeness (QED) is 0.566. The predicted molar refractivity (Wildman–Crippen MR) is 125 cm³/mol.